The number of nitrogens with zero attached hydrogens (tertiary/aromatic N) is 4. The largest absolute Gasteiger partial charge is 0.480 e. The van der Waals surface area contributed by atoms with Crippen molar-refractivity contribution in [2.45, 2.75) is 12.8 Å². The number of alkyl halides is 3. The van der Waals surface area contributed by atoms with Gasteiger partial charge in [0.25, 0.3) is 0 Å². The molecular formula is C17H13F3N4O2. The second-order valence-corrected chi connectivity index (χ2v) is 5.14. The van der Waals surface area contributed by atoms with Crippen LogP contribution in [0, 0.1) is 0 Å². The van der Waals surface area contributed by atoms with Gasteiger partial charge in [0.05, 0.1) is 12.7 Å². The summed E-state index contributed by atoms with van der Waals surface area (Å²) < 4.78 is 50.7. The second kappa shape index (κ2) is 7.34. The molecule has 0 radical (unpaired) electrons. The van der Waals surface area contributed by atoms with E-state index < -0.39 is 23.5 Å². The van der Waals surface area contributed by atoms with E-state index >= 15 is 0 Å². The van der Waals surface area contributed by atoms with Crippen LogP contribution in [-0.4, -0.2) is 27.0 Å². The van der Waals surface area contributed by atoms with Gasteiger partial charge in [-0.05, 0) is 5.56 Å². The van der Waals surface area contributed by atoms with Gasteiger partial charge >= 0.3 is 6.18 Å². The number of rotatable bonds is 5. The average molecular weight is 362 g/mol. The lowest BCUT2D eigenvalue weighted by Gasteiger charge is -2.16. The topological polar surface area (TPSA) is 70.0 Å². The van der Waals surface area contributed by atoms with Gasteiger partial charge in [-0.2, -0.15) is 23.1 Å². The summed E-state index contributed by atoms with van der Waals surface area (Å²) in [5.74, 6) is -1.28. The Kier molecular flexibility index (Phi) is 4.97. The molecule has 0 aliphatic carbocycles. The van der Waals surface area contributed by atoms with Crippen LogP contribution in [-0.2, 0) is 12.8 Å². The summed E-state index contributed by atoms with van der Waals surface area (Å²) >= 11 is 0. The summed E-state index contributed by atoms with van der Waals surface area (Å²) in [6, 6.07) is 8.79. The van der Waals surface area contributed by atoms with Crippen molar-refractivity contribution in [1.82, 2.24) is 19.9 Å². The highest BCUT2D eigenvalue weighted by Gasteiger charge is 2.41. The predicted octanol–water partition coefficient (Wildman–Crippen LogP) is 3.54. The minimum atomic E-state index is -4.75. The number of aromatic nitrogens is 4. The summed E-state index contributed by atoms with van der Waals surface area (Å²) in [4.78, 5) is 15.4. The minimum Gasteiger partial charge on any atom is -0.480 e. The maximum Gasteiger partial charge on any atom is 0.426 e. The molecule has 26 heavy (non-hydrogen) atoms. The predicted molar refractivity (Wildman–Crippen MR) is 85.4 cm³/mol. The molecule has 3 aromatic rings. The van der Waals surface area contributed by atoms with Gasteiger partial charge in [0, 0.05) is 12.4 Å². The van der Waals surface area contributed by atoms with E-state index in [0.29, 0.717) is 11.1 Å². The molecule has 0 unspecified atom stereocenters. The third-order valence-electron chi connectivity index (χ3n) is 3.36. The van der Waals surface area contributed by atoms with Gasteiger partial charge in [0.15, 0.2) is 11.4 Å². The number of methoxy groups -OCH3 is 1. The zero-order chi connectivity index (χ0) is 18.6. The van der Waals surface area contributed by atoms with Crippen LogP contribution in [0.3, 0.4) is 0 Å². The van der Waals surface area contributed by atoms with E-state index in [9.17, 15) is 13.2 Å². The van der Waals surface area contributed by atoms with Crippen molar-refractivity contribution in [3.63, 3.8) is 0 Å². The number of hydrogen-bond donors (Lipinski definition) is 0. The normalized spacial score (nSPS) is 11.2. The highest BCUT2D eigenvalue weighted by atomic mass is 19.4. The number of halogens is 3. The molecule has 6 nitrogen and oxygen atoms in total. The quantitative estimate of drug-likeness (QED) is 0.691. The van der Waals surface area contributed by atoms with Crippen molar-refractivity contribution < 1.29 is 22.6 Å². The van der Waals surface area contributed by atoms with E-state index in [4.69, 9.17) is 9.47 Å². The van der Waals surface area contributed by atoms with E-state index in [1.165, 1.54) is 18.7 Å². The first-order chi connectivity index (χ1) is 12.5. The van der Waals surface area contributed by atoms with Crippen molar-refractivity contribution in [1.29, 1.82) is 0 Å². The molecule has 0 aliphatic rings. The third-order valence-corrected chi connectivity index (χ3v) is 3.36. The van der Waals surface area contributed by atoms with E-state index in [1.54, 1.807) is 30.3 Å². The lowest BCUT2D eigenvalue weighted by Crippen LogP contribution is -2.14. The third kappa shape index (κ3) is 3.88. The Morgan fingerprint density at radius 2 is 1.62 bits per heavy atom. The molecular weight excluding hydrogens is 349 g/mol. The van der Waals surface area contributed by atoms with E-state index in [0.717, 1.165) is 7.11 Å². The molecule has 1 aromatic carbocycles. The van der Waals surface area contributed by atoms with E-state index in [1.807, 2.05) is 0 Å². The monoisotopic (exact) mass is 362 g/mol. The van der Waals surface area contributed by atoms with Gasteiger partial charge < -0.3 is 9.47 Å². The average Bonchev–Trinajstić information content (AvgIpc) is 2.66. The highest BCUT2D eigenvalue weighted by molar-refractivity contribution is 5.55. The first kappa shape index (κ1) is 17.6. The van der Waals surface area contributed by atoms with Crippen LogP contribution in [0.5, 0.6) is 11.8 Å². The number of hydrogen-bond acceptors (Lipinski definition) is 6. The number of benzene rings is 1. The van der Waals surface area contributed by atoms with Gasteiger partial charge in [0.1, 0.15) is 12.9 Å². The van der Waals surface area contributed by atoms with Crippen LogP contribution in [0.4, 0.5) is 13.2 Å². The van der Waals surface area contributed by atoms with Crippen molar-refractivity contribution in [3.8, 4) is 23.1 Å². The molecule has 0 spiro atoms. The fourth-order valence-corrected chi connectivity index (χ4v) is 2.18. The molecule has 0 amide bonds. The molecule has 0 bridgehead atoms. The number of ether oxygens (including phenoxy) is 2. The standard InChI is InChI=1S/C17H13F3N4O2/c1-25-15-13(17(18,19)20)16(26-9-11-5-3-2-4-6-11)24-14(23-15)12-7-21-10-22-8-12/h2-8,10H,9H2,1H3. The Hall–Kier alpha value is -3.23. The van der Waals surface area contributed by atoms with Crippen LogP contribution in [0.25, 0.3) is 11.4 Å². The van der Waals surface area contributed by atoms with Crippen molar-refractivity contribution in [3.05, 3.63) is 60.2 Å². The highest BCUT2D eigenvalue weighted by Crippen LogP contribution is 2.41. The second-order valence-electron chi connectivity index (χ2n) is 5.14. The fourth-order valence-electron chi connectivity index (χ4n) is 2.18. The molecule has 0 saturated carbocycles. The van der Waals surface area contributed by atoms with Crippen LogP contribution in [0.1, 0.15) is 11.1 Å². The lowest BCUT2D eigenvalue weighted by molar-refractivity contribution is -0.140. The SMILES string of the molecule is COc1nc(-c2cncnc2)nc(OCc2ccccc2)c1C(F)(F)F. The maximum atomic E-state index is 13.5. The Morgan fingerprint density at radius 3 is 2.23 bits per heavy atom. The van der Waals surface area contributed by atoms with Gasteiger partial charge in [0.2, 0.25) is 11.8 Å². The minimum absolute atomic E-state index is 0.0292. The zero-order valence-corrected chi connectivity index (χ0v) is 13.6. The molecule has 0 aliphatic heterocycles. The van der Waals surface area contributed by atoms with Crippen molar-refractivity contribution >= 4 is 0 Å². The van der Waals surface area contributed by atoms with Crippen LogP contribution in [0.15, 0.2) is 49.1 Å². The molecule has 0 atom stereocenters. The molecule has 134 valence electrons. The van der Waals surface area contributed by atoms with Gasteiger partial charge in [-0.3, -0.25) is 0 Å². The molecule has 0 saturated heterocycles. The first-order valence-electron chi connectivity index (χ1n) is 7.44. The maximum absolute atomic E-state index is 13.5. The molecule has 0 N–H and O–H groups in total. The summed E-state index contributed by atoms with van der Waals surface area (Å²) in [6.45, 7) is -0.0885. The summed E-state index contributed by atoms with van der Waals surface area (Å²) in [5, 5.41) is 0. The summed E-state index contributed by atoms with van der Waals surface area (Å²) in [7, 11) is 1.10. The summed E-state index contributed by atoms with van der Waals surface area (Å²) in [5.41, 5.74) is -0.136. The van der Waals surface area contributed by atoms with Crippen LogP contribution in [0.2, 0.25) is 0 Å². The Labute approximate surface area is 146 Å². The molecule has 3 rings (SSSR count). The Bertz CT molecular complexity index is 874. The lowest BCUT2D eigenvalue weighted by atomic mass is 10.2. The van der Waals surface area contributed by atoms with Crippen LogP contribution >= 0.6 is 0 Å². The Morgan fingerprint density at radius 1 is 0.962 bits per heavy atom. The van der Waals surface area contributed by atoms with E-state index in [2.05, 4.69) is 19.9 Å². The van der Waals surface area contributed by atoms with Gasteiger partial charge in [-0.1, -0.05) is 30.3 Å². The van der Waals surface area contributed by atoms with Crippen molar-refractivity contribution in [2.24, 2.45) is 0 Å². The zero-order valence-electron chi connectivity index (χ0n) is 13.6. The van der Waals surface area contributed by atoms with Gasteiger partial charge in [-0.25, -0.2) is 9.97 Å². The smallest absolute Gasteiger partial charge is 0.426 e. The molecule has 2 aromatic heterocycles. The van der Waals surface area contributed by atoms with Crippen LogP contribution < -0.4 is 9.47 Å². The Balaban J connectivity index is 2.06. The molecule has 9 heteroatoms. The molecule has 0 fully saturated rings. The first-order valence-corrected chi connectivity index (χ1v) is 7.44. The van der Waals surface area contributed by atoms with E-state index in [-0.39, 0.29) is 12.4 Å². The fraction of sp³-hybridized carbons (Fsp3) is 0.176. The van der Waals surface area contributed by atoms with Crippen molar-refractivity contribution in [2.75, 3.05) is 7.11 Å². The molecule has 2 heterocycles. The summed E-state index contributed by atoms with van der Waals surface area (Å²) in [6.07, 6.45) is -0.688. The van der Waals surface area contributed by atoms with Gasteiger partial charge in [-0.15, -0.1) is 0 Å².